The number of H-pyrrole nitrogens is 1. The summed E-state index contributed by atoms with van der Waals surface area (Å²) >= 11 is 0. The van der Waals surface area contributed by atoms with E-state index >= 15 is 0 Å². The molecule has 5 fully saturated rings. The molecular weight excluding hydrogens is 827 g/mol. The number of nitrogens with one attached hydrogen (secondary N) is 4. The minimum absolute atomic E-state index is 0.0103. The quantitative estimate of drug-likeness (QED) is 0.119. The molecule has 15 heteroatoms. The van der Waals surface area contributed by atoms with Crippen LogP contribution in [0, 0.1) is 23.7 Å². The highest BCUT2D eigenvalue weighted by molar-refractivity contribution is 6.04. The molecule has 0 spiro atoms. The normalized spacial score (nSPS) is 30.8. The number of aromatic amines is 1. The van der Waals surface area contributed by atoms with Crippen LogP contribution < -0.4 is 16.0 Å². The van der Waals surface area contributed by atoms with Gasteiger partial charge in [-0.25, -0.2) is 14.6 Å². The van der Waals surface area contributed by atoms with Gasteiger partial charge in [0.1, 0.15) is 17.9 Å². The molecule has 15 nitrogen and oxygen atoms in total. The Morgan fingerprint density at radius 3 is 2.12 bits per heavy atom. The van der Waals surface area contributed by atoms with Crippen molar-refractivity contribution in [2.24, 2.45) is 23.7 Å². The van der Waals surface area contributed by atoms with Gasteiger partial charge in [0.2, 0.25) is 11.8 Å². The van der Waals surface area contributed by atoms with Gasteiger partial charge >= 0.3 is 12.2 Å². The third kappa shape index (κ3) is 7.28. The number of alkyl carbamates (subject to hydrolysis) is 2. The Balaban J connectivity index is 0.869. The number of fused-ring (bicyclic) bond motifs is 7. The first-order valence-corrected chi connectivity index (χ1v) is 23.6. The summed E-state index contributed by atoms with van der Waals surface area (Å²) in [6.45, 7) is 5.77. The highest BCUT2D eigenvalue weighted by atomic mass is 16.5. The van der Waals surface area contributed by atoms with Crippen molar-refractivity contribution in [3.63, 3.8) is 0 Å². The molecule has 3 saturated carbocycles. The molecule has 0 radical (unpaired) electrons. The topological polar surface area (TPSA) is 176 Å². The van der Waals surface area contributed by atoms with Crippen LogP contribution in [0.15, 0.2) is 48.7 Å². The number of carbonyl (C=O) groups excluding carboxylic acids is 4. The zero-order chi connectivity index (χ0) is 45.5. The number of benzene rings is 2. The Morgan fingerprint density at radius 1 is 0.785 bits per heavy atom. The monoisotopic (exact) mass is 889 g/mol. The van der Waals surface area contributed by atoms with Gasteiger partial charge in [0.15, 0.2) is 0 Å². The van der Waals surface area contributed by atoms with E-state index in [0.717, 1.165) is 86.1 Å². The second-order valence-corrected chi connectivity index (χ2v) is 19.8. The van der Waals surface area contributed by atoms with E-state index in [-0.39, 0.29) is 41.5 Å². The van der Waals surface area contributed by atoms with E-state index < -0.39 is 36.5 Å². The van der Waals surface area contributed by atoms with Crippen molar-refractivity contribution in [2.45, 2.75) is 133 Å². The van der Waals surface area contributed by atoms with E-state index in [1.807, 2.05) is 18.0 Å². The van der Waals surface area contributed by atoms with Gasteiger partial charge in [-0.2, -0.15) is 0 Å². The van der Waals surface area contributed by atoms with Crippen molar-refractivity contribution in [1.82, 2.24) is 35.7 Å². The molecule has 4 heterocycles. The number of ether oxygens (including phenoxy) is 4. The predicted molar refractivity (Wildman–Crippen MR) is 243 cm³/mol. The number of hydrogen-bond acceptors (Lipinski definition) is 10. The van der Waals surface area contributed by atoms with Crippen molar-refractivity contribution < 1.29 is 38.1 Å². The molecule has 2 saturated heterocycles. The fourth-order valence-electron chi connectivity index (χ4n) is 12.8. The number of nitrogens with zero attached hydrogens (tertiary/aromatic N) is 3. The maximum absolute atomic E-state index is 14.5. The zero-order valence-corrected chi connectivity index (χ0v) is 38.5. The molecule has 5 unspecified atom stereocenters. The molecule has 0 bridgehead atoms. The maximum Gasteiger partial charge on any atom is 0.407 e. The van der Waals surface area contributed by atoms with Crippen LogP contribution in [0.25, 0.3) is 39.2 Å². The summed E-state index contributed by atoms with van der Waals surface area (Å²) in [5.41, 5.74) is 8.58. The van der Waals surface area contributed by atoms with Gasteiger partial charge in [0.25, 0.3) is 0 Å². The number of amides is 4. The van der Waals surface area contributed by atoms with Crippen LogP contribution in [-0.2, 0) is 28.5 Å². The van der Waals surface area contributed by atoms with Gasteiger partial charge in [-0.15, -0.1) is 0 Å². The summed E-state index contributed by atoms with van der Waals surface area (Å²) in [6, 6.07) is 11.5. The smallest absolute Gasteiger partial charge is 0.407 e. The molecule has 346 valence electrons. The standard InChI is InChI=1S/C50H63N7O8/c1-25(62-4)42(54-48(60)64-6)46(58)56-39-12-8-10-29(39)22-40(56)44-34-20-30(34)21-37(52-44)27-13-15-32-35(18-27)33-16-14-28(19-36(32)33)38-24-51-45(53-38)41-23-31-11-9-17-50(31,3)57(41)47(59)43(26(2)63-5)55-49(61)65-7/h13-16,18-19,21,24-26,29-31,34,39-44,52H,8-12,17,20,22-23H2,1-7H3,(H,51,53)(H,54,60)(H,55,61)/t25-,26?,29+,30?,31+,34?,39+,40+,41+,42+,43+,44?,50?/m1/s1. The van der Waals surface area contributed by atoms with E-state index in [4.69, 9.17) is 23.9 Å². The summed E-state index contributed by atoms with van der Waals surface area (Å²) < 4.78 is 21.0. The van der Waals surface area contributed by atoms with Crippen LogP contribution in [0.4, 0.5) is 9.59 Å². The van der Waals surface area contributed by atoms with Gasteiger partial charge in [0, 0.05) is 43.1 Å². The number of rotatable bonds is 12. The highest BCUT2D eigenvalue weighted by Crippen LogP contribution is 2.56. The van der Waals surface area contributed by atoms with Crippen LogP contribution in [0.1, 0.15) is 96.0 Å². The number of methoxy groups -OCH3 is 4. The predicted octanol–water partition coefficient (Wildman–Crippen LogP) is 6.79. The molecule has 3 aliphatic heterocycles. The molecule has 3 aromatic rings. The molecule has 4 amide bonds. The molecule has 13 atom stereocenters. The third-order valence-corrected chi connectivity index (χ3v) is 16.6. The molecule has 4 aliphatic carbocycles. The van der Waals surface area contributed by atoms with Gasteiger partial charge in [-0.3, -0.25) is 9.59 Å². The number of likely N-dealkylation sites (tertiary alicyclic amines) is 2. The molecule has 7 aliphatic rings. The van der Waals surface area contributed by atoms with Crippen molar-refractivity contribution in [2.75, 3.05) is 28.4 Å². The number of hydrogen-bond donors (Lipinski definition) is 4. The van der Waals surface area contributed by atoms with Crippen LogP contribution in [0.3, 0.4) is 0 Å². The summed E-state index contributed by atoms with van der Waals surface area (Å²) in [5, 5.41) is 9.50. The molecule has 2 aromatic carbocycles. The average molecular weight is 890 g/mol. The van der Waals surface area contributed by atoms with Crippen LogP contribution in [0.5, 0.6) is 0 Å². The van der Waals surface area contributed by atoms with Gasteiger partial charge in [0.05, 0.1) is 50.4 Å². The Bertz CT molecular complexity index is 2420. The Labute approximate surface area is 380 Å². The van der Waals surface area contributed by atoms with Crippen molar-refractivity contribution >= 4 is 29.7 Å². The summed E-state index contributed by atoms with van der Waals surface area (Å²) in [7, 11) is 5.70. The highest BCUT2D eigenvalue weighted by Gasteiger charge is 2.58. The lowest BCUT2D eigenvalue weighted by Crippen LogP contribution is -2.60. The molecular formula is C50H63N7O8. The maximum atomic E-state index is 14.5. The first kappa shape index (κ1) is 43.5. The third-order valence-electron chi connectivity index (χ3n) is 16.6. The molecule has 4 N–H and O–H groups in total. The van der Waals surface area contributed by atoms with Gasteiger partial charge in [-0.05, 0) is 129 Å². The minimum Gasteiger partial charge on any atom is -0.453 e. The van der Waals surface area contributed by atoms with Crippen LogP contribution in [0.2, 0.25) is 0 Å². The largest absolute Gasteiger partial charge is 0.453 e. The summed E-state index contributed by atoms with van der Waals surface area (Å²) in [5.74, 6) is 2.13. The van der Waals surface area contributed by atoms with E-state index in [1.165, 1.54) is 43.6 Å². The number of carbonyl (C=O) groups is 4. The number of aromatic nitrogens is 2. The van der Waals surface area contributed by atoms with E-state index in [1.54, 1.807) is 14.0 Å². The lowest BCUT2D eigenvalue weighted by Gasteiger charge is -2.40. The molecule has 10 rings (SSSR count). The van der Waals surface area contributed by atoms with Crippen LogP contribution in [-0.4, -0.2) is 120 Å². The lowest BCUT2D eigenvalue weighted by atomic mass is 9.78. The zero-order valence-electron chi connectivity index (χ0n) is 38.5. The summed E-state index contributed by atoms with van der Waals surface area (Å²) in [6.07, 6.45) is 10.8. The van der Waals surface area contributed by atoms with Gasteiger partial charge in [-0.1, -0.05) is 43.2 Å². The SMILES string of the molecule is COC(=O)N[C@H](C(=O)N1[C@H](c2ncc(-c3ccc4c(c3)-c3ccc(C5=CC6CC6C([C@@H]6C[C@@H]7CCC[C@@H]7N6C(=O)[C@@H](NC(=O)OC)[C@@H](C)OC)N5)cc3-4)[nH]2)C[C@@H]2CCCC21C)C(C)OC. The number of imidazole rings is 1. The first-order valence-electron chi connectivity index (χ1n) is 23.6. The van der Waals surface area contributed by atoms with Crippen molar-refractivity contribution in [3.8, 4) is 33.5 Å². The molecule has 65 heavy (non-hydrogen) atoms. The minimum atomic E-state index is -0.916. The fraction of sp³-hybridized carbons (Fsp3) is 0.580. The second kappa shape index (κ2) is 16.8. The number of allylic oxidation sites excluding steroid dienone is 1. The van der Waals surface area contributed by atoms with Crippen LogP contribution >= 0.6 is 0 Å². The fourth-order valence-corrected chi connectivity index (χ4v) is 12.8. The van der Waals surface area contributed by atoms with Crippen molar-refractivity contribution in [3.05, 3.63) is 60.1 Å². The van der Waals surface area contributed by atoms with Crippen molar-refractivity contribution in [1.29, 1.82) is 0 Å². The lowest BCUT2D eigenvalue weighted by molar-refractivity contribution is -0.143. The Morgan fingerprint density at radius 2 is 1.45 bits per heavy atom. The van der Waals surface area contributed by atoms with Gasteiger partial charge < -0.3 is 49.7 Å². The van der Waals surface area contributed by atoms with E-state index in [9.17, 15) is 19.2 Å². The molecule has 1 aromatic heterocycles. The Hall–Kier alpha value is -5.41. The Kier molecular flexibility index (Phi) is 11.2. The van der Waals surface area contributed by atoms with E-state index in [2.05, 4.69) is 75.2 Å². The average Bonchev–Trinajstić information content (AvgIpc) is 3.78. The van der Waals surface area contributed by atoms with E-state index in [0.29, 0.717) is 23.7 Å². The summed E-state index contributed by atoms with van der Waals surface area (Å²) in [4.78, 5) is 66.4. The second-order valence-electron chi connectivity index (χ2n) is 19.8. The first-order chi connectivity index (χ1) is 31.4.